The summed E-state index contributed by atoms with van der Waals surface area (Å²) in [7, 11) is 3.10. The van der Waals surface area contributed by atoms with Crippen molar-refractivity contribution in [2.24, 2.45) is 0 Å². The number of likely N-dealkylation sites (N-methyl/N-ethyl adjacent to an activating group) is 1. The molecule has 0 aliphatic carbocycles. The molecule has 0 fully saturated rings. The number of ether oxygens (including phenoxy) is 1. The Kier molecular flexibility index (Phi) is 7.50. The quantitative estimate of drug-likeness (QED) is 0.617. The number of amides is 2. The van der Waals surface area contributed by atoms with Crippen LogP contribution in [0.25, 0.3) is 0 Å². The molecule has 0 heterocycles. The Bertz CT molecular complexity index is 884. The molecule has 0 saturated heterocycles. The van der Waals surface area contributed by atoms with Gasteiger partial charge >= 0.3 is 5.97 Å². The number of aryl methyl sites for hydroxylation is 3. The lowest BCUT2D eigenvalue weighted by molar-refractivity contribution is -0.862. The van der Waals surface area contributed by atoms with Gasteiger partial charge in [0, 0.05) is 11.4 Å². The Labute approximate surface area is 171 Å². The fourth-order valence-corrected chi connectivity index (χ4v) is 3.18. The minimum absolute atomic E-state index is 0.137. The van der Waals surface area contributed by atoms with Gasteiger partial charge in [-0.2, -0.15) is 0 Å². The molecule has 0 bridgehead atoms. The largest absolute Gasteiger partial charge is 0.465 e. The number of carbonyl (C=O) groups excluding carboxylic acids is 3. The molecule has 7 heteroatoms. The van der Waals surface area contributed by atoms with Crippen molar-refractivity contribution in [1.29, 1.82) is 0 Å². The van der Waals surface area contributed by atoms with Gasteiger partial charge in [-0.1, -0.05) is 17.7 Å². The molecule has 2 amide bonds. The molecule has 2 aromatic carbocycles. The number of esters is 1. The number of hydrogen-bond acceptors (Lipinski definition) is 4. The van der Waals surface area contributed by atoms with E-state index in [9.17, 15) is 14.4 Å². The van der Waals surface area contributed by atoms with Crippen LogP contribution < -0.4 is 15.5 Å². The first-order valence-electron chi connectivity index (χ1n) is 9.37. The zero-order valence-electron chi connectivity index (χ0n) is 17.5. The summed E-state index contributed by atoms with van der Waals surface area (Å²) in [5, 5.41) is 5.71. The zero-order chi connectivity index (χ0) is 21.6. The molecule has 0 aliphatic rings. The van der Waals surface area contributed by atoms with Crippen molar-refractivity contribution < 1.29 is 24.0 Å². The highest BCUT2D eigenvalue weighted by atomic mass is 16.5. The van der Waals surface area contributed by atoms with Gasteiger partial charge in [-0.05, 0) is 56.2 Å². The zero-order valence-corrected chi connectivity index (χ0v) is 17.5. The van der Waals surface area contributed by atoms with Gasteiger partial charge in [0.25, 0.3) is 11.8 Å². The smallest absolute Gasteiger partial charge is 0.337 e. The number of methoxy groups -OCH3 is 1. The molecule has 1 atom stereocenters. The summed E-state index contributed by atoms with van der Waals surface area (Å²) in [4.78, 5) is 36.8. The Morgan fingerprint density at radius 1 is 0.897 bits per heavy atom. The van der Waals surface area contributed by atoms with Crippen molar-refractivity contribution >= 4 is 29.2 Å². The number of rotatable bonds is 7. The fourth-order valence-electron chi connectivity index (χ4n) is 3.18. The van der Waals surface area contributed by atoms with Crippen molar-refractivity contribution in [1.82, 2.24) is 0 Å². The molecule has 0 aromatic heterocycles. The molecule has 29 heavy (non-hydrogen) atoms. The summed E-state index contributed by atoms with van der Waals surface area (Å²) in [6.07, 6.45) is 0. The number of quaternary nitrogens is 1. The molecule has 1 unspecified atom stereocenters. The SMILES string of the molecule is COC(=O)c1ccc(NC(=O)C[NH+](C)CC(=O)Nc2c(C)cc(C)cc2C)cc1. The highest BCUT2D eigenvalue weighted by Crippen LogP contribution is 2.21. The van der Waals surface area contributed by atoms with Gasteiger partial charge in [-0.15, -0.1) is 0 Å². The summed E-state index contributed by atoms with van der Waals surface area (Å²) >= 11 is 0. The maximum atomic E-state index is 12.4. The number of nitrogens with one attached hydrogen (secondary N) is 3. The van der Waals surface area contributed by atoms with E-state index in [2.05, 4.69) is 15.4 Å². The van der Waals surface area contributed by atoms with E-state index in [4.69, 9.17) is 0 Å². The Hall–Kier alpha value is -3.19. The van der Waals surface area contributed by atoms with Crippen molar-refractivity contribution in [2.45, 2.75) is 20.8 Å². The minimum atomic E-state index is -0.433. The maximum Gasteiger partial charge on any atom is 0.337 e. The Morgan fingerprint density at radius 2 is 1.41 bits per heavy atom. The van der Waals surface area contributed by atoms with E-state index in [1.165, 1.54) is 7.11 Å². The van der Waals surface area contributed by atoms with E-state index in [0.717, 1.165) is 27.3 Å². The van der Waals surface area contributed by atoms with Gasteiger partial charge in [-0.3, -0.25) is 9.59 Å². The van der Waals surface area contributed by atoms with Crippen molar-refractivity contribution in [3.63, 3.8) is 0 Å². The molecule has 0 saturated carbocycles. The van der Waals surface area contributed by atoms with Gasteiger partial charge < -0.3 is 20.3 Å². The van der Waals surface area contributed by atoms with Crippen LogP contribution in [0.1, 0.15) is 27.0 Å². The molecular weight excluding hydrogens is 370 g/mol. The summed E-state index contributed by atoms with van der Waals surface area (Å²) in [6.45, 7) is 6.25. The topological polar surface area (TPSA) is 88.9 Å². The van der Waals surface area contributed by atoms with Gasteiger partial charge in [0.05, 0.1) is 19.7 Å². The second-order valence-corrected chi connectivity index (χ2v) is 7.25. The molecule has 0 aliphatic heterocycles. The van der Waals surface area contributed by atoms with Gasteiger partial charge in [-0.25, -0.2) is 4.79 Å². The third-order valence-electron chi connectivity index (χ3n) is 4.46. The van der Waals surface area contributed by atoms with E-state index >= 15 is 0 Å². The van der Waals surface area contributed by atoms with Crippen LogP contribution in [-0.2, 0) is 14.3 Å². The first-order chi connectivity index (χ1) is 13.7. The second kappa shape index (κ2) is 9.84. The van der Waals surface area contributed by atoms with Crippen molar-refractivity contribution in [3.05, 3.63) is 58.7 Å². The lowest BCUT2D eigenvalue weighted by atomic mass is 10.1. The molecule has 0 radical (unpaired) electrons. The average Bonchev–Trinajstić information content (AvgIpc) is 2.64. The number of carbonyl (C=O) groups is 3. The van der Waals surface area contributed by atoms with Gasteiger partial charge in [0.2, 0.25) is 0 Å². The van der Waals surface area contributed by atoms with Crippen LogP contribution in [0.2, 0.25) is 0 Å². The van der Waals surface area contributed by atoms with Crippen LogP contribution in [0.4, 0.5) is 11.4 Å². The summed E-state index contributed by atoms with van der Waals surface area (Å²) < 4.78 is 4.64. The Balaban J connectivity index is 1.86. The first kappa shape index (κ1) is 22.1. The summed E-state index contributed by atoms with van der Waals surface area (Å²) in [5.41, 5.74) is 4.99. The molecule has 3 N–H and O–H groups in total. The van der Waals surface area contributed by atoms with Crippen molar-refractivity contribution in [2.75, 3.05) is 37.9 Å². The highest BCUT2D eigenvalue weighted by molar-refractivity contribution is 5.95. The van der Waals surface area contributed by atoms with E-state index in [0.29, 0.717) is 11.3 Å². The predicted molar refractivity (Wildman–Crippen MR) is 112 cm³/mol. The lowest BCUT2D eigenvalue weighted by Crippen LogP contribution is -3.11. The summed E-state index contributed by atoms with van der Waals surface area (Å²) in [6, 6.07) is 10.5. The van der Waals surface area contributed by atoms with Crippen LogP contribution in [0.15, 0.2) is 36.4 Å². The van der Waals surface area contributed by atoms with Crippen LogP contribution >= 0.6 is 0 Å². The standard InChI is InChI=1S/C22H27N3O4/c1-14-10-15(2)21(16(3)11-14)24-20(27)13-25(4)12-19(26)23-18-8-6-17(7-9-18)22(28)29-5/h6-11H,12-13H2,1-5H3,(H,23,26)(H,24,27)/p+1. The van der Waals surface area contributed by atoms with E-state index < -0.39 is 5.97 Å². The monoisotopic (exact) mass is 398 g/mol. The van der Waals surface area contributed by atoms with Crippen LogP contribution in [0.3, 0.4) is 0 Å². The van der Waals surface area contributed by atoms with E-state index in [1.807, 2.05) is 32.9 Å². The van der Waals surface area contributed by atoms with Crippen molar-refractivity contribution in [3.8, 4) is 0 Å². The van der Waals surface area contributed by atoms with E-state index in [1.54, 1.807) is 31.3 Å². The van der Waals surface area contributed by atoms with E-state index in [-0.39, 0.29) is 24.9 Å². The van der Waals surface area contributed by atoms with Crippen LogP contribution in [0.5, 0.6) is 0 Å². The van der Waals surface area contributed by atoms with Crippen LogP contribution in [0, 0.1) is 20.8 Å². The number of benzene rings is 2. The Morgan fingerprint density at radius 3 is 1.93 bits per heavy atom. The normalized spacial score (nSPS) is 11.5. The minimum Gasteiger partial charge on any atom is -0.465 e. The lowest BCUT2D eigenvalue weighted by Gasteiger charge is -2.16. The first-order valence-corrected chi connectivity index (χ1v) is 9.37. The van der Waals surface area contributed by atoms with Gasteiger partial charge in [0.1, 0.15) is 0 Å². The van der Waals surface area contributed by atoms with Crippen LogP contribution in [-0.4, -0.2) is 45.0 Å². The highest BCUT2D eigenvalue weighted by Gasteiger charge is 2.16. The molecule has 2 aromatic rings. The second-order valence-electron chi connectivity index (χ2n) is 7.25. The fraction of sp³-hybridized carbons (Fsp3) is 0.318. The average molecular weight is 398 g/mol. The third-order valence-corrected chi connectivity index (χ3v) is 4.46. The number of anilines is 2. The number of hydrogen-bond donors (Lipinski definition) is 3. The van der Waals surface area contributed by atoms with Gasteiger partial charge in [0.15, 0.2) is 13.1 Å². The third kappa shape index (κ3) is 6.43. The molecule has 7 nitrogen and oxygen atoms in total. The maximum absolute atomic E-state index is 12.4. The summed E-state index contributed by atoms with van der Waals surface area (Å²) in [5.74, 6) is -0.797. The molecular formula is C22H28N3O4+. The molecule has 0 spiro atoms. The molecule has 2 rings (SSSR count). The molecule has 154 valence electrons. The predicted octanol–water partition coefficient (Wildman–Crippen LogP) is 1.49.